The quantitative estimate of drug-likeness (QED) is 0.128. The Bertz CT molecular complexity index is 3000. The summed E-state index contributed by atoms with van der Waals surface area (Å²) in [5.41, 5.74) is 18.7. The van der Waals surface area contributed by atoms with Gasteiger partial charge >= 0.3 is 0 Å². The van der Waals surface area contributed by atoms with Crippen molar-refractivity contribution in [3.63, 3.8) is 0 Å². The van der Waals surface area contributed by atoms with Gasteiger partial charge in [0.2, 0.25) is 0 Å². The van der Waals surface area contributed by atoms with E-state index in [1.54, 1.807) is 0 Å². The molecule has 300 valence electrons. The number of para-hydroxylation sites is 2. The summed E-state index contributed by atoms with van der Waals surface area (Å²) in [6.45, 7) is 0. The monoisotopic (exact) mass is 806 g/mol. The number of nitrogens with zero attached hydrogens (tertiary/aromatic N) is 2. The van der Waals surface area contributed by atoms with E-state index >= 15 is 0 Å². The van der Waals surface area contributed by atoms with Crippen LogP contribution in [0.5, 0.6) is 0 Å². The predicted molar refractivity (Wildman–Crippen MR) is 268 cm³/mol. The lowest BCUT2D eigenvalue weighted by Gasteiger charge is -2.26. The van der Waals surface area contributed by atoms with Gasteiger partial charge in [0.05, 0.1) is 0 Å². The van der Waals surface area contributed by atoms with Crippen molar-refractivity contribution in [3.8, 4) is 33.4 Å². The molecule has 0 aliphatic heterocycles. The minimum atomic E-state index is 0.858. The normalized spacial score (nSPS) is 12.2. The first-order valence-electron chi connectivity index (χ1n) is 21.7. The highest BCUT2D eigenvalue weighted by molar-refractivity contribution is 6.08. The topological polar surface area (TPSA) is 6.48 Å². The average molecular weight is 807 g/mol. The molecule has 0 heterocycles. The van der Waals surface area contributed by atoms with Crippen LogP contribution >= 0.6 is 0 Å². The van der Waals surface area contributed by atoms with Gasteiger partial charge in [0, 0.05) is 34.1 Å². The maximum absolute atomic E-state index is 2.37. The molecule has 1 aliphatic rings. The zero-order valence-corrected chi connectivity index (χ0v) is 35.0. The minimum absolute atomic E-state index is 0.858. The Balaban J connectivity index is 0.956. The highest BCUT2D eigenvalue weighted by atomic mass is 15.1. The van der Waals surface area contributed by atoms with E-state index in [0.717, 1.165) is 40.5 Å². The first-order valence-corrected chi connectivity index (χ1v) is 21.7. The molecule has 0 bridgehead atoms. The van der Waals surface area contributed by atoms with Gasteiger partial charge in [-0.15, -0.1) is 0 Å². The highest BCUT2D eigenvalue weighted by Gasteiger charge is 2.19. The van der Waals surface area contributed by atoms with Crippen LogP contribution in [-0.2, 0) is 0 Å². The summed E-state index contributed by atoms with van der Waals surface area (Å²) in [6, 6.07) is 86.9. The Labute approximate surface area is 371 Å². The van der Waals surface area contributed by atoms with E-state index in [2.05, 4.69) is 277 Å². The minimum Gasteiger partial charge on any atom is -0.311 e. The molecule has 9 aromatic rings. The van der Waals surface area contributed by atoms with E-state index in [0.29, 0.717) is 0 Å². The third-order valence-corrected chi connectivity index (χ3v) is 11.7. The third kappa shape index (κ3) is 8.44. The first kappa shape index (κ1) is 39.0. The number of hydrogen-bond donors (Lipinski definition) is 0. The fraction of sp³-hybridized carbons (Fsp3) is 0.0164. The number of rotatable bonds is 11. The molecule has 63 heavy (non-hydrogen) atoms. The standard InChI is InChI=1S/C61H46N2/c1-6-18-46(19-7-1)48-30-38-54(39-31-48)62(52-22-10-3-11-23-52)56-42-34-50(35-43-56)58-26-14-5-15-28-60(58)61-29-17-16-27-59(61)51-36-44-57(45-37-51)63(53-24-12-4-13-25-53)55-40-32-49(33-41-55)47-20-8-2-9-21-47/h1-14,16-45H,15H2. The maximum Gasteiger partial charge on any atom is 0.0462 e. The molecule has 0 radical (unpaired) electrons. The van der Waals surface area contributed by atoms with Crippen molar-refractivity contribution < 1.29 is 0 Å². The van der Waals surface area contributed by atoms with Crippen LogP contribution in [0, 0.1) is 0 Å². The van der Waals surface area contributed by atoms with Gasteiger partial charge in [-0.2, -0.15) is 0 Å². The molecule has 0 saturated heterocycles. The van der Waals surface area contributed by atoms with Gasteiger partial charge in [0.1, 0.15) is 0 Å². The Hall–Kier alpha value is -8.20. The number of benzene rings is 9. The van der Waals surface area contributed by atoms with Crippen LogP contribution < -0.4 is 9.80 Å². The fourth-order valence-electron chi connectivity index (χ4n) is 8.60. The van der Waals surface area contributed by atoms with Crippen LogP contribution in [-0.4, -0.2) is 0 Å². The Morgan fingerprint density at radius 2 is 0.587 bits per heavy atom. The zero-order chi connectivity index (χ0) is 42.2. The van der Waals surface area contributed by atoms with E-state index in [4.69, 9.17) is 0 Å². The molecule has 0 fully saturated rings. The van der Waals surface area contributed by atoms with Gasteiger partial charge in [-0.3, -0.25) is 0 Å². The van der Waals surface area contributed by atoms with E-state index in [9.17, 15) is 0 Å². The number of anilines is 6. The van der Waals surface area contributed by atoms with Gasteiger partial charge in [0.25, 0.3) is 0 Å². The van der Waals surface area contributed by atoms with Crippen molar-refractivity contribution in [1.82, 2.24) is 0 Å². The molecule has 2 nitrogen and oxygen atoms in total. The molecule has 0 atom stereocenters. The maximum atomic E-state index is 2.37. The van der Waals surface area contributed by atoms with Crippen LogP contribution in [0.4, 0.5) is 34.1 Å². The Kier molecular flexibility index (Phi) is 11.3. The molecule has 10 rings (SSSR count). The second-order valence-electron chi connectivity index (χ2n) is 15.7. The molecule has 2 heteroatoms. The first-order chi connectivity index (χ1) is 31.3. The predicted octanol–water partition coefficient (Wildman–Crippen LogP) is 17.1. The molecular formula is C61H46N2. The second kappa shape index (κ2) is 18.2. The zero-order valence-electron chi connectivity index (χ0n) is 35.0. The van der Waals surface area contributed by atoms with E-state index in [1.807, 2.05) is 0 Å². The van der Waals surface area contributed by atoms with Crippen LogP contribution in [0.25, 0.3) is 44.5 Å². The lowest BCUT2D eigenvalue weighted by Crippen LogP contribution is -2.09. The van der Waals surface area contributed by atoms with Gasteiger partial charge in [0.15, 0.2) is 0 Å². The highest BCUT2D eigenvalue weighted by Crippen LogP contribution is 2.42. The van der Waals surface area contributed by atoms with E-state index in [-0.39, 0.29) is 0 Å². The summed E-state index contributed by atoms with van der Waals surface area (Å²) in [5.74, 6) is 0. The van der Waals surface area contributed by atoms with E-state index < -0.39 is 0 Å². The average Bonchev–Trinajstić information content (AvgIpc) is 3.63. The van der Waals surface area contributed by atoms with Gasteiger partial charge in [-0.1, -0.05) is 194 Å². The molecule has 1 aliphatic carbocycles. The van der Waals surface area contributed by atoms with Crippen molar-refractivity contribution >= 4 is 45.3 Å². The summed E-state index contributed by atoms with van der Waals surface area (Å²) >= 11 is 0. The summed E-state index contributed by atoms with van der Waals surface area (Å²) in [5, 5.41) is 0. The largest absolute Gasteiger partial charge is 0.311 e. The van der Waals surface area contributed by atoms with Gasteiger partial charge < -0.3 is 9.80 Å². The van der Waals surface area contributed by atoms with Crippen LogP contribution in [0.3, 0.4) is 0 Å². The summed E-state index contributed by atoms with van der Waals surface area (Å²) in [6.07, 6.45) is 9.93. The van der Waals surface area contributed by atoms with Crippen LogP contribution in [0.15, 0.2) is 267 Å². The van der Waals surface area contributed by atoms with Crippen molar-refractivity contribution in [2.45, 2.75) is 6.42 Å². The lowest BCUT2D eigenvalue weighted by molar-refractivity contribution is 1.28. The smallest absolute Gasteiger partial charge is 0.0462 e. The fourth-order valence-corrected chi connectivity index (χ4v) is 8.60. The second-order valence-corrected chi connectivity index (χ2v) is 15.7. The molecule has 0 unspecified atom stereocenters. The Morgan fingerprint density at radius 3 is 1.03 bits per heavy atom. The molecule has 0 N–H and O–H groups in total. The Morgan fingerprint density at radius 1 is 0.254 bits per heavy atom. The summed E-state index contributed by atoms with van der Waals surface area (Å²) < 4.78 is 0. The molecule has 0 amide bonds. The van der Waals surface area contributed by atoms with Crippen molar-refractivity contribution in [2.24, 2.45) is 0 Å². The van der Waals surface area contributed by atoms with Crippen LogP contribution in [0.2, 0.25) is 0 Å². The number of hydrogen-bond acceptors (Lipinski definition) is 2. The SMILES string of the molecule is C1=CCC=C(c2ccccc2-c2ccc(N(c3ccccc3)c3ccc(-c4ccccc4)cc3)cc2)C(c2ccc(N(c3ccccc3)c3ccc(-c4ccccc4)cc3)cc2)=C1. The van der Waals surface area contributed by atoms with E-state index in [1.165, 1.54) is 55.7 Å². The van der Waals surface area contributed by atoms with Crippen molar-refractivity contribution in [1.29, 1.82) is 0 Å². The number of allylic oxidation sites excluding steroid dienone is 6. The lowest BCUT2D eigenvalue weighted by atomic mass is 9.87. The molecular weight excluding hydrogens is 761 g/mol. The molecule has 0 spiro atoms. The van der Waals surface area contributed by atoms with Crippen molar-refractivity contribution in [3.05, 3.63) is 278 Å². The van der Waals surface area contributed by atoms with Crippen molar-refractivity contribution in [2.75, 3.05) is 9.80 Å². The van der Waals surface area contributed by atoms with Gasteiger partial charge in [-0.25, -0.2) is 0 Å². The summed E-state index contributed by atoms with van der Waals surface area (Å²) in [4.78, 5) is 4.65. The third-order valence-electron chi connectivity index (χ3n) is 11.7. The van der Waals surface area contributed by atoms with Gasteiger partial charge in [-0.05, 0) is 135 Å². The molecule has 9 aromatic carbocycles. The molecule has 0 aromatic heterocycles. The van der Waals surface area contributed by atoms with Crippen LogP contribution in [0.1, 0.15) is 17.5 Å². The molecule has 0 saturated carbocycles. The summed E-state index contributed by atoms with van der Waals surface area (Å²) in [7, 11) is 0.